The van der Waals surface area contributed by atoms with Gasteiger partial charge < -0.3 is 40.1 Å². The van der Waals surface area contributed by atoms with Crippen molar-refractivity contribution in [1.82, 2.24) is 0 Å². The highest BCUT2D eigenvalue weighted by atomic mass is 16.7. The molecule has 0 aromatic heterocycles. The van der Waals surface area contributed by atoms with E-state index in [0.717, 1.165) is 56.9 Å². The minimum absolute atomic E-state index is 0.0181. The van der Waals surface area contributed by atoms with Gasteiger partial charge in [0.2, 0.25) is 0 Å². The molecule has 1 heterocycles. The normalized spacial score (nSPS) is 54.9. The second kappa shape index (κ2) is 11.2. The zero-order valence-electron chi connectivity index (χ0n) is 28.2. The Morgan fingerprint density at radius 2 is 1.52 bits per heavy atom. The fraction of sp³-hybridized carbons (Fsp3) is 0.889. The molecule has 0 bridgehead atoms. The first kappa shape index (κ1) is 34.3. The van der Waals surface area contributed by atoms with Gasteiger partial charge in [-0.15, -0.1) is 0 Å². The summed E-state index contributed by atoms with van der Waals surface area (Å²) in [6, 6.07) is 0. The molecule has 1 aliphatic heterocycles. The fourth-order valence-corrected chi connectivity index (χ4v) is 13.1. The van der Waals surface area contributed by atoms with Gasteiger partial charge in [-0.05, 0) is 117 Å². The number of aliphatic carboxylic acids is 2. The van der Waals surface area contributed by atoms with Crippen molar-refractivity contribution in [2.24, 2.45) is 56.7 Å². The summed E-state index contributed by atoms with van der Waals surface area (Å²) < 4.78 is 11.8. The van der Waals surface area contributed by atoms with Crippen LogP contribution >= 0.6 is 0 Å². The lowest BCUT2D eigenvalue weighted by Gasteiger charge is -2.73. The number of fused-ring (bicyclic) bond motifs is 7. The Labute approximate surface area is 272 Å². The second-order valence-electron chi connectivity index (χ2n) is 17.2. The summed E-state index contributed by atoms with van der Waals surface area (Å²) in [5, 5.41) is 62.5. The predicted molar refractivity (Wildman–Crippen MR) is 167 cm³/mol. The van der Waals surface area contributed by atoms with Crippen LogP contribution in [0.1, 0.15) is 98.8 Å². The van der Waals surface area contributed by atoms with Crippen molar-refractivity contribution in [3.8, 4) is 0 Å². The first-order valence-corrected chi connectivity index (χ1v) is 17.5. The molecule has 6 fully saturated rings. The van der Waals surface area contributed by atoms with Gasteiger partial charge in [0.05, 0.1) is 18.1 Å². The van der Waals surface area contributed by atoms with Crippen LogP contribution in [0, 0.1) is 56.7 Å². The molecule has 10 heteroatoms. The van der Waals surface area contributed by atoms with Crippen molar-refractivity contribution in [1.29, 1.82) is 0 Å². The van der Waals surface area contributed by atoms with Crippen LogP contribution in [0.2, 0.25) is 0 Å². The van der Waals surface area contributed by atoms with Crippen LogP contribution in [0.15, 0.2) is 12.2 Å². The predicted octanol–water partition coefficient (Wildman–Crippen LogP) is 3.98. The number of hydrogen-bond donors (Lipinski definition) is 6. The van der Waals surface area contributed by atoms with Crippen molar-refractivity contribution in [3.05, 3.63) is 12.2 Å². The van der Waals surface area contributed by atoms with Gasteiger partial charge in [0.25, 0.3) is 0 Å². The topological polar surface area (TPSA) is 174 Å². The zero-order valence-corrected chi connectivity index (χ0v) is 28.2. The fourth-order valence-electron chi connectivity index (χ4n) is 13.1. The van der Waals surface area contributed by atoms with Crippen LogP contribution in [0.5, 0.6) is 0 Å². The van der Waals surface area contributed by atoms with Crippen LogP contribution in [0.25, 0.3) is 0 Å². The van der Waals surface area contributed by atoms with Gasteiger partial charge in [-0.2, -0.15) is 0 Å². The molecule has 0 aromatic rings. The standard InChI is InChI=1S/C36H56O10/c1-18(2)19-9-14-36(31(43)44)16-15-34(5)20(24(19)36)7-8-22-32(3)12-11-23(33(4,17-37)21(32)10-13-35(22,34)6)45-30-27(40)25(38)26(39)28(46-30)29(41)42/h19-28,30,37-40H,1,7-17H2,2-6H3,(H,41,42)(H,43,44)/t19-,20+,21+,22+,23-,24+,25-,26-,27+,28-,30+,32-,33-,34+,35+,36-/m0/s1. The van der Waals surface area contributed by atoms with E-state index in [1.165, 1.54) is 0 Å². The van der Waals surface area contributed by atoms with Crippen molar-refractivity contribution >= 4 is 11.9 Å². The minimum Gasteiger partial charge on any atom is -0.481 e. The number of aliphatic hydroxyl groups is 4. The molecule has 0 aromatic carbocycles. The van der Waals surface area contributed by atoms with E-state index in [4.69, 9.17) is 9.47 Å². The number of ether oxygens (including phenoxy) is 2. The largest absolute Gasteiger partial charge is 0.481 e. The third-order valence-corrected chi connectivity index (χ3v) is 15.7. The molecule has 0 unspecified atom stereocenters. The summed E-state index contributed by atoms with van der Waals surface area (Å²) in [4.78, 5) is 24.7. The molecule has 16 atom stereocenters. The Balaban J connectivity index is 1.29. The average Bonchev–Trinajstić information content (AvgIpc) is 3.40. The summed E-state index contributed by atoms with van der Waals surface area (Å²) in [5.74, 6) is -1.02. The zero-order chi connectivity index (χ0) is 33.8. The summed E-state index contributed by atoms with van der Waals surface area (Å²) in [7, 11) is 0. The highest BCUT2D eigenvalue weighted by Gasteiger charge is 2.72. The van der Waals surface area contributed by atoms with Gasteiger partial charge in [0.1, 0.15) is 18.3 Å². The number of rotatable bonds is 6. The van der Waals surface area contributed by atoms with E-state index >= 15 is 0 Å². The quantitative estimate of drug-likeness (QED) is 0.183. The van der Waals surface area contributed by atoms with Crippen molar-refractivity contribution < 1.29 is 49.7 Å². The Kier molecular flexibility index (Phi) is 8.38. The highest BCUT2D eigenvalue weighted by molar-refractivity contribution is 5.76. The Bertz CT molecular complexity index is 1260. The molecule has 0 amide bonds. The number of carboxylic acids is 2. The maximum absolute atomic E-state index is 12.9. The van der Waals surface area contributed by atoms with Gasteiger partial charge in [-0.3, -0.25) is 4.79 Å². The van der Waals surface area contributed by atoms with E-state index in [2.05, 4.69) is 34.3 Å². The number of hydrogen-bond acceptors (Lipinski definition) is 8. The smallest absolute Gasteiger partial charge is 0.335 e. The minimum atomic E-state index is -1.80. The molecule has 260 valence electrons. The van der Waals surface area contributed by atoms with E-state index in [-0.39, 0.29) is 40.6 Å². The molecule has 1 saturated heterocycles. The first-order chi connectivity index (χ1) is 21.4. The van der Waals surface area contributed by atoms with Crippen LogP contribution in [0.3, 0.4) is 0 Å². The van der Waals surface area contributed by atoms with E-state index in [0.29, 0.717) is 24.7 Å². The van der Waals surface area contributed by atoms with Crippen LogP contribution < -0.4 is 0 Å². The lowest BCUT2D eigenvalue weighted by atomic mass is 9.32. The first-order valence-electron chi connectivity index (χ1n) is 17.5. The Hall–Kier alpha value is -1.56. The van der Waals surface area contributed by atoms with Crippen molar-refractivity contribution in [2.45, 2.75) is 136 Å². The number of allylic oxidation sites excluding steroid dienone is 1. The van der Waals surface area contributed by atoms with E-state index < -0.39 is 59.6 Å². The average molecular weight is 649 g/mol. The third kappa shape index (κ3) is 4.42. The highest BCUT2D eigenvalue weighted by Crippen LogP contribution is 2.77. The molecule has 5 aliphatic carbocycles. The molecule has 6 aliphatic rings. The van der Waals surface area contributed by atoms with Gasteiger partial charge in [-0.25, -0.2) is 4.79 Å². The number of aliphatic hydroxyl groups excluding tert-OH is 4. The maximum Gasteiger partial charge on any atom is 0.335 e. The lowest BCUT2D eigenvalue weighted by Crippen LogP contribution is -2.68. The molecule has 0 spiro atoms. The summed E-state index contributed by atoms with van der Waals surface area (Å²) >= 11 is 0. The van der Waals surface area contributed by atoms with E-state index in [9.17, 15) is 40.2 Å². The Morgan fingerprint density at radius 1 is 0.826 bits per heavy atom. The van der Waals surface area contributed by atoms with Gasteiger partial charge >= 0.3 is 11.9 Å². The van der Waals surface area contributed by atoms with Crippen LogP contribution in [-0.2, 0) is 19.1 Å². The van der Waals surface area contributed by atoms with E-state index in [1.807, 2.05) is 6.92 Å². The van der Waals surface area contributed by atoms with Crippen LogP contribution in [-0.4, -0.2) is 86.0 Å². The molecule has 5 saturated carbocycles. The number of carboxylic acid groups (broad SMARTS) is 2. The summed E-state index contributed by atoms with van der Waals surface area (Å²) in [5.41, 5.74) is -0.461. The van der Waals surface area contributed by atoms with Gasteiger partial charge in [0.15, 0.2) is 12.4 Å². The Morgan fingerprint density at radius 3 is 2.13 bits per heavy atom. The second-order valence-corrected chi connectivity index (χ2v) is 17.2. The van der Waals surface area contributed by atoms with Crippen LogP contribution in [0.4, 0.5) is 0 Å². The van der Waals surface area contributed by atoms with Gasteiger partial charge in [0, 0.05) is 5.41 Å². The molecule has 46 heavy (non-hydrogen) atoms. The van der Waals surface area contributed by atoms with Crippen molar-refractivity contribution in [2.75, 3.05) is 6.61 Å². The molecule has 6 rings (SSSR count). The molecular weight excluding hydrogens is 592 g/mol. The monoisotopic (exact) mass is 648 g/mol. The molecular formula is C36H56O10. The molecule has 10 nitrogen and oxygen atoms in total. The molecule has 6 N–H and O–H groups in total. The van der Waals surface area contributed by atoms with Crippen molar-refractivity contribution in [3.63, 3.8) is 0 Å². The lowest BCUT2D eigenvalue weighted by molar-refractivity contribution is -0.329. The summed E-state index contributed by atoms with van der Waals surface area (Å²) in [6.45, 7) is 15.6. The van der Waals surface area contributed by atoms with Gasteiger partial charge in [-0.1, -0.05) is 39.8 Å². The summed E-state index contributed by atoms with van der Waals surface area (Å²) in [6.07, 6.45) is -0.571. The number of carbonyl (C=O) groups is 2. The third-order valence-electron chi connectivity index (χ3n) is 15.7. The molecule has 0 radical (unpaired) electrons. The van der Waals surface area contributed by atoms with E-state index in [1.54, 1.807) is 0 Å². The SMILES string of the molecule is C=C(C)[C@@H]1CC[C@]2(C(=O)O)CC[C@]3(C)[C@H](CC[C@@H]4[C@@]5(C)CC[C@H](O[C@@H]6O[C@H](C(=O)O)[C@@H](O)[C@H](O)[C@H]6O)[C@@](C)(CO)[C@@H]5CC[C@]43C)[C@@H]12. The maximum atomic E-state index is 12.9.